The molecule has 4 N–H and O–H groups in total. The van der Waals surface area contributed by atoms with Crippen molar-refractivity contribution in [2.45, 2.75) is 103 Å². The largest absolute Gasteiger partial charge is 0.481 e. The molecule has 0 radical (unpaired) electrons. The molecular formula is C26H42O7. The fraction of sp³-hybridized carbons (Fsp3) is 0.769. The molecule has 0 amide bonds. The van der Waals surface area contributed by atoms with Gasteiger partial charge in [-0.25, -0.2) is 0 Å². The van der Waals surface area contributed by atoms with Crippen molar-refractivity contribution in [1.29, 1.82) is 0 Å². The summed E-state index contributed by atoms with van der Waals surface area (Å²) in [6.45, 7) is 7.99. The Morgan fingerprint density at radius 1 is 1.24 bits per heavy atom. The fourth-order valence-electron chi connectivity index (χ4n) is 5.11. The monoisotopic (exact) mass is 466 g/mol. The normalized spacial score (nSPS) is 29.1. The molecule has 7 atom stereocenters. The zero-order chi connectivity index (χ0) is 24.8. The average Bonchev–Trinajstić information content (AvgIpc) is 2.70. The molecule has 2 rings (SSSR count). The minimum atomic E-state index is -1.09. The highest BCUT2D eigenvalue weighted by Gasteiger charge is 2.43. The Bertz CT molecular complexity index is 726. The van der Waals surface area contributed by atoms with Crippen LogP contribution in [0.2, 0.25) is 0 Å². The summed E-state index contributed by atoms with van der Waals surface area (Å²) in [7, 11) is 0. The molecule has 7 unspecified atom stereocenters. The predicted molar refractivity (Wildman–Crippen MR) is 125 cm³/mol. The summed E-state index contributed by atoms with van der Waals surface area (Å²) >= 11 is 0. The number of unbranched alkanes of at least 4 members (excludes halogenated alkanes) is 1. The van der Waals surface area contributed by atoms with Crippen molar-refractivity contribution in [2.75, 3.05) is 0 Å². The number of carbonyl (C=O) groups is 2. The number of fused-ring (bicyclic) bond motifs is 1. The summed E-state index contributed by atoms with van der Waals surface area (Å²) in [5.41, 5.74) is 0.367. The minimum Gasteiger partial charge on any atom is -0.481 e. The number of esters is 1. The van der Waals surface area contributed by atoms with Crippen molar-refractivity contribution in [2.24, 2.45) is 23.2 Å². The van der Waals surface area contributed by atoms with E-state index in [-0.39, 0.29) is 30.1 Å². The number of rotatable bonds is 12. The summed E-state index contributed by atoms with van der Waals surface area (Å²) in [4.78, 5) is 23.8. The molecule has 7 nitrogen and oxygen atoms in total. The van der Waals surface area contributed by atoms with E-state index in [1.807, 2.05) is 26.0 Å². The minimum absolute atomic E-state index is 0.0132. The van der Waals surface area contributed by atoms with Gasteiger partial charge in [0.15, 0.2) is 0 Å². The summed E-state index contributed by atoms with van der Waals surface area (Å²) in [6, 6.07) is 0. The lowest BCUT2D eigenvalue weighted by Crippen LogP contribution is -2.44. The van der Waals surface area contributed by atoms with Crippen LogP contribution in [0, 0.1) is 23.2 Å². The highest BCUT2D eigenvalue weighted by Crippen LogP contribution is 2.44. The maximum Gasteiger partial charge on any atom is 0.311 e. The van der Waals surface area contributed by atoms with E-state index in [2.05, 4.69) is 19.9 Å². The molecule has 2 aliphatic rings. The van der Waals surface area contributed by atoms with Gasteiger partial charge in [-0.1, -0.05) is 44.9 Å². The lowest BCUT2D eigenvalue weighted by molar-refractivity contribution is -0.165. The maximum absolute atomic E-state index is 13.0. The molecule has 33 heavy (non-hydrogen) atoms. The van der Waals surface area contributed by atoms with E-state index < -0.39 is 42.2 Å². The van der Waals surface area contributed by atoms with E-state index >= 15 is 0 Å². The van der Waals surface area contributed by atoms with Crippen LogP contribution < -0.4 is 0 Å². The van der Waals surface area contributed by atoms with E-state index in [9.17, 15) is 24.9 Å². The van der Waals surface area contributed by atoms with Crippen molar-refractivity contribution in [1.82, 2.24) is 0 Å². The van der Waals surface area contributed by atoms with Crippen LogP contribution in [0.25, 0.3) is 0 Å². The van der Waals surface area contributed by atoms with Gasteiger partial charge in [0.1, 0.15) is 6.10 Å². The van der Waals surface area contributed by atoms with Gasteiger partial charge in [0.25, 0.3) is 0 Å². The van der Waals surface area contributed by atoms with Gasteiger partial charge in [-0.15, -0.1) is 0 Å². The third kappa shape index (κ3) is 7.94. The molecule has 0 saturated carbocycles. The molecule has 0 saturated heterocycles. The maximum atomic E-state index is 13.0. The first-order chi connectivity index (χ1) is 15.4. The number of allylic oxidation sites excluding steroid dienone is 2. The third-order valence-corrected chi connectivity index (χ3v) is 7.13. The molecule has 2 aliphatic carbocycles. The Kier molecular flexibility index (Phi) is 10.1. The number of aliphatic hydroxyl groups excluding tert-OH is 3. The number of hydrogen-bond donors (Lipinski definition) is 4. The molecule has 0 aromatic rings. The number of ether oxygens (including phenoxy) is 1. The molecule has 0 aliphatic heterocycles. The smallest absolute Gasteiger partial charge is 0.311 e. The van der Waals surface area contributed by atoms with Crippen LogP contribution in [-0.2, 0) is 14.3 Å². The topological polar surface area (TPSA) is 124 Å². The fourth-order valence-corrected chi connectivity index (χ4v) is 5.11. The number of aliphatic carboxylic acids is 1. The van der Waals surface area contributed by atoms with E-state index in [0.717, 1.165) is 24.8 Å². The number of hydrogen-bond acceptors (Lipinski definition) is 6. The number of carboxylic acids is 1. The molecule has 0 spiro atoms. The SMILES string of the molecule is CCCCC(C)(C)C(=O)OC1CC(O)C=C2C=CC(C)C(CCC(O)CC(O)CC(=O)O)C21. The van der Waals surface area contributed by atoms with Crippen LogP contribution in [0.4, 0.5) is 0 Å². The highest BCUT2D eigenvalue weighted by atomic mass is 16.5. The van der Waals surface area contributed by atoms with Crippen molar-refractivity contribution in [3.05, 3.63) is 23.8 Å². The molecule has 0 bridgehead atoms. The number of carbonyl (C=O) groups excluding carboxylic acids is 1. The second-order valence-electron chi connectivity index (χ2n) is 10.5. The second-order valence-corrected chi connectivity index (χ2v) is 10.5. The van der Waals surface area contributed by atoms with Gasteiger partial charge in [0, 0.05) is 12.3 Å². The first-order valence-electron chi connectivity index (χ1n) is 12.3. The number of carboxylic acid groups (broad SMARTS) is 1. The van der Waals surface area contributed by atoms with Crippen LogP contribution in [0.1, 0.15) is 79.1 Å². The standard InChI is InChI=1S/C26H42O7/c1-5-6-11-26(3,4)25(32)33-22-14-19(28)12-17-8-7-16(2)21(24(17)22)10-9-18(27)13-20(29)15-23(30)31/h7-8,12,16,18-22,24,27-29H,5-6,9-11,13-15H2,1-4H3,(H,30,31). The van der Waals surface area contributed by atoms with Crippen LogP contribution in [-0.4, -0.2) is 56.8 Å². The van der Waals surface area contributed by atoms with Crippen molar-refractivity contribution < 1.29 is 34.8 Å². The van der Waals surface area contributed by atoms with Gasteiger partial charge in [0.05, 0.1) is 30.1 Å². The molecule has 0 fully saturated rings. The zero-order valence-electron chi connectivity index (χ0n) is 20.4. The second kappa shape index (κ2) is 12.1. The molecule has 7 heteroatoms. The highest BCUT2D eigenvalue weighted by molar-refractivity contribution is 5.76. The quantitative estimate of drug-likeness (QED) is 0.324. The molecule has 0 heterocycles. The molecule has 0 aromatic heterocycles. The number of aliphatic hydroxyl groups is 3. The summed E-state index contributed by atoms with van der Waals surface area (Å²) in [5, 5.41) is 39.4. The van der Waals surface area contributed by atoms with E-state index in [1.165, 1.54) is 0 Å². The van der Waals surface area contributed by atoms with Gasteiger partial charge in [-0.05, 0) is 56.9 Å². The van der Waals surface area contributed by atoms with E-state index in [0.29, 0.717) is 19.3 Å². The summed E-state index contributed by atoms with van der Waals surface area (Å²) < 4.78 is 6.05. The Balaban J connectivity index is 2.12. The molecular weight excluding hydrogens is 424 g/mol. The van der Waals surface area contributed by atoms with Gasteiger partial charge >= 0.3 is 11.9 Å². The molecule has 188 valence electrons. The van der Waals surface area contributed by atoms with Gasteiger partial charge < -0.3 is 25.2 Å². The van der Waals surface area contributed by atoms with Gasteiger partial charge in [-0.2, -0.15) is 0 Å². The summed E-state index contributed by atoms with van der Waals surface area (Å²) in [6.07, 6.45) is 6.61. The Labute approximate surface area is 197 Å². The Hall–Kier alpha value is -1.70. The van der Waals surface area contributed by atoms with Crippen LogP contribution >= 0.6 is 0 Å². The van der Waals surface area contributed by atoms with Crippen LogP contribution in [0.15, 0.2) is 23.8 Å². The zero-order valence-corrected chi connectivity index (χ0v) is 20.4. The summed E-state index contributed by atoms with van der Waals surface area (Å²) in [5.74, 6) is -1.13. The average molecular weight is 467 g/mol. The van der Waals surface area contributed by atoms with Crippen molar-refractivity contribution in [3.63, 3.8) is 0 Å². The molecule has 0 aromatic carbocycles. The third-order valence-electron chi connectivity index (χ3n) is 7.13. The predicted octanol–water partition coefficient (Wildman–Crippen LogP) is 3.61. The van der Waals surface area contributed by atoms with E-state index in [4.69, 9.17) is 9.84 Å². The van der Waals surface area contributed by atoms with Crippen LogP contribution in [0.5, 0.6) is 0 Å². The van der Waals surface area contributed by atoms with Crippen molar-refractivity contribution in [3.8, 4) is 0 Å². The first-order valence-corrected chi connectivity index (χ1v) is 12.3. The van der Waals surface area contributed by atoms with Crippen molar-refractivity contribution >= 4 is 11.9 Å². The van der Waals surface area contributed by atoms with Crippen LogP contribution in [0.3, 0.4) is 0 Å². The van der Waals surface area contributed by atoms with Gasteiger partial charge in [-0.3, -0.25) is 9.59 Å². The van der Waals surface area contributed by atoms with E-state index in [1.54, 1.807) is 0 Å². The Morgan fingerprint density at radius 2 is 1.94 bits per heavy atom. The Morgan fingerprint density at radius 3 is 2.58 bits per heavy atom. The lowest BCUT2D eigenvalue weighted by atomic mass is 9.66. The first kappa shape index (κ1) is 27.5. The lowest BCUT2D eigenvalue weighted by Gasteiger charge is -2.43. The van der Waals surface area contributed by atoms with Gasteiger partial charge in [0.2, 0.25) is 0 Å².